The first-order valence-electron chi connectivity index (χ1n) is 5.68. The molecule has 6 heteroatoms. The van der Waals surface area contributed by atoms with Gasteiger partial charge in [0.05, 0.1) is 11.9 Å². The van der Waals surface area contributed by atoms with E-state index in [1.165, 1.54) is 0 Å². The highest BCUT2D eigenvalue weighted by Gasteiger charge is 2.32. The summed E-state index contributed by atoms with van der Waals surface area (Å²) in [6.45, 7) is 4.11. The van der Waals surface area contributed by atoms with E-state index in [1.807, 2.05) is 0 Å². The number of aromatic nitrogens is 2. The topological polar surface area (TPSA) is 58.3 Å². The maximum atomic E-state index is 5.90. The van der Waals surface area contributed by atoms with Crippen LogP contribution < -0.4 is 10.6 Å². The second-order valence-electron chi connectivity index (χ2n) is 4.83. The van der Waals surface area contributed by atoms with Gasteiger partial charge in [0.2, 0.25) is 5.28 Å². The molecule has 0 amide bonds. The summed E-state index contributed by atoms with van der Waals surface area (Å²) >= 11 is 5.82. The first-order chi connectivity index (χ1) is 7.99. The Balaban J connectivity index is 2.22. The van der Waals surface area contributed by atoms with Crippen LogP contribution >= 0.6 is 11.6 Å². The summed E-state index contributed by atoms with van der Waals surface area (Å²) in [6.07, 6.45) is 1.57. The number of nitrogens with two attached hydrogens (primary N) is 1. The van der Waals surface area contributed by atoms with Crippen molar-refractivity contribution in [3.8, 4) is 0 Å². The third-order valence-corrected chi connectivity index (χ3v) is 3.48. The lowest BCUT2D eigenvalue weighted by Crippen LogP contribution is -2.34. The lowest BCUT2D eigenvalue weighted by molar-refractivity contribution is 0.266. The van der Waals surface area contributed by atoms with E-state index in [9.17, 15) is 0 Å². The summed E-state index contributed by atoms with van der Waals surface area (Å²) in [5.74, 6) is 1.33. The van der Waals surface area contributed by atoms with Gasteiger partial charge in [-0.25, -0.2) is 4.98 Å². The van der Waals surface area contributed by atoms with Crippen molar-refractivity contribution in [3.05, 3.63) is 11.5 Å². The molecule has 0 spiro atoms. The van der Waals surface area contributed by atoms with E-state index >= 15 is 0 Å². The summed E-state index contributed by atoms with van der Waals surface area (Å²) in [7, 11) is 4.20. The molecular formula is C11H18ClN5. The lowest BCUT2D eigenvalue weighted by atomic mass is 10.1. The zero-order valence-corrected chi connectivity index (χ0v) is 11.1. The smallest absolute Gasteiger partial charge is 0.224 e. The van der Waals surface area contributed by atoms with Gasteiger partial charge in [-0.3, -0.25) is 0 Å². The van der Waals surface area contributed by atoms with Crippen LogP contribution in [0.3, 0.4) is 0 Å². The van der Waals surface area contributed by atoms with Crippen molar-refractivity contribution < 1.29 is 0 Å². The normalized spacial score (nSPS) is 24.6. The van der Waals surface area contributed by atoms with Crippen LogP contribution in [0.4, 0.5) is 11.5 Å². The van der Waals surface area contributed by atoms with Crippen LogP contribution in [0.5, 0.6) is 0 Å². The second-order valence-corrected chi connectivity index (χ2v) is 5.17. The van der Waals surface area contributed by atoms with Gasteiger partial charge in [0, 0.05) is 19.1 Å². The average Bonchev–Trinajstić information content (AvgIpc) is 2.64. The molecule has 1 aromatic heterocycles. The van der Waals surface area contributed by atoms with Gasteiger partial charge in [-0.05, 0) is 31.6 Å². The van der Waals surface area contributed by atoms with Crippen molar-refractivity contribution in [2.75, 3.05) is 37.8 Å². The van der Waals surface area contributed by atoms with Gasteiger partial charge < -0.3 is 15.5 Å². The second kappa shape index (κ2) is 4.66. The predicted octanol–water partition coefficient (Wildman–Crippen LogP) is 1.10. The molecule has 1 fully saturated rings. The molecule has 94 valence electrons. The van der Waals surface area contributed by atoms with Crippen molar-refractivity contribution in [1.82, 2.24) is 14.9 Å². The van der Waals surface area contributed by atoms with Gasteiger partial charge in [-0.1, -0.05) is 6.92 Å². The molecule has 0 saturated carbocycles. The number of nitrogen functional groups attached to an aromatic ring is 1. The number of hydrogen-bond donors (Lipinski definition) is 1. The molecule has 2 unspecified atom stereocenters. The summed E-state index contributed by atoms with van der Waals surface area (Å²) in [4.78, 5) is 12.5. The molecule has 5 nitrogen and oxygen atoms in total. The Hall–Kier alpha value is -1.07. The Morgan fingerprint density at radius 2 is 2.18 bits per heavy atom. The predicted molar refractivity (Wildman–Crippen MR) is 70.3 cm³/mol. The fraction of sp³-hybridized carbons (Fsp3) is 0.636. The van der Waals surface area contributed by atoms with Crippen LogP contribution in [0.25, 0.3) is 0 Å². The molecule has 0 aromatic carbocycles. The van der Waals surface area contributed by atoms with Crippen molar-refractivity contribution in [3.63, 3.8) is 0 Å². The van der Waals surface area contributed by atoms with E-state index < -0.39 is 0 Å². The summed E-state index contributed by atoms with van der Waals surface area (Å²) in [6, 6.07) is 0.517. The third kappa shape index (κ3) is 2.45. The SMILES string of the molecule is CC1CN(c2nc(Cl)ncc2N)CC1N(C)C. The van der Waals surface area contributed by atoms with E-state index in [4.69, 9.17) is 17.3 Å². The molecule has 1 aliphatic heterocycles. The van der Waals surface area contributed by atoms with Crippen molar-refractivity contribution in [1.29, 1.82) is 0 Å². The average molecular weight is 256 g/mol. The van der Waals surface area contributed by atoms with Crippen LogP contribution in [0.2, 0.25) is 5.28 Å². The highest BCUT2D eigenvalue weighted by molar-refractivity contribution is 6.28. The quantitative estimate of drug-likeness (QED) is 0.802. The van der Waals surface area contributed by atoms with Crippen LogP contribution in [0.15, 0.2) is 6.20 Å². The van der Waals surface area contributed by atoms with E-state index in [0.717, 1.165) is 18.9 Å². The monoisotopic (exact) mass is 255 g/mol. The fourth-order valence-corrected chi connectivity index (χ4v) is 2.54. The minimum Gasteiger partial charge on any atom is -0.394 e. The molecule has 0 aliphatic carbocycles. The maximum Gasteiger partial charge on any atom is 0.224 e. The molecule has 2 rings (SSSR count). The van der Waals surface area contributed by atoms with Crippen molar-refractivity contribution in [2.24, 2.45) is 5.92 Å². The number of likely N-dealkylation sites (N-methyl/N-ethyl adjacent to an activating group) is 1. The summed E-state index contributed by atoms with van der Waals surface area (Å²) in [5, 5.41) is 0.246. The van der Waals surface area contributed by atoms with E-state index in [0.29, 0.717) is 17.6 Å². The molecule has 1 aromatic rings. The largest absolute Gasteiger partial charge is 0.394 e. The minimum atomic E-state index is 0.246. The first-order valence-corrected chi connectivity index (χ1v) is 6.06. The molecule has 0 bridgehead atoms. The standard InChI is InChI=1S/C11H18ClN5/c1-7-5-17(6-9(7)16(2)3)10-8(13)4-14-11(12)15-10/h4,7,9H,5-6,13H2,1-3H3. The first kappa shape index (κ1) is 12.4. The molecule has 17 heavy (non-hydrogen) atoms. The maximum absolute atomic E-state index is 5.90. The summed E-state index contributed by atoms with van der Waals surface area (Å²) < 4.78 is 0. The van der Waals surface area contributed by atoms with Gasteiger partial charge in [-0.15, -0.1) is 0 Å². The fourth-order valence-electron chi connectivity index (χ4n) is 2.41. The van der Waals surface area contributed by atoms with Gasteiger partial charge in [0.25, 0.3) is 0 Å². The Labute approximate surface area is 107 Å². The van der Waals surface area contributed by atoms with E-state index in [2.05, 4.69) is 40.8 Å². The number of nitrogens with zero attached hydrogens (tertiary/aromatic N) is 4. The Kier molecular flexibility index (Phi) is 3.40. The number of halogens is 1. The zero-order chi connectivity index (χ0) is 12.6. The van der Waals surface area contributed by atoms with Crippen LogP contribution in [-0.2, 0) is 0 Å². The lowest BCUT2D eigenvalue weighted by Gasteiger charge is -2.23. The molecule has 0 radical (unpaired) electrons. The number of hydrogen-bond acceptors (Lipinski definition) is 5. The Morgan fingerprint density at radius 1 is 1.47 bits per heavy atom. The van der Waals surface area contributed by atoms with Crippen LogP contribution in [0.1, 0.15) is 6.92 Å². The molecular weight excluding hydrogens is 238 g/mol. The molecule has 1 saturated heterocycles. The Morgan fingerprint density at radius 3 is 2.76 bits per heavy atom. The van der Waals surface area contributed by atoms with Crippen molar-refractivity contribution in [2.45, 2.75) is 13.0 Å². The van der Waals surface area contributed by atoms with Crippen LogP contribution in [-0.4, -0.2) is 48.1 Å². The van der Waals surface area contributed by atoms with Gasteiger partial charge in [-0.2, -0.15) is 4.98 Å². The molecule has 2 heterocycles. The highest BCUT2D eigenvalue weighted by Crippen LogP contribution is 2.28. The molecule has 2 atom stereocenters. The van der Waals surface area contributed by atoms with Gasteiger partial charge in [0.15, 0.2) is 5.82 Å². The minimum absolute atomic E-state index is 0.246. The third-order valence-electron chi connectivity index (χ3n) is 3.30. The summed E-state index contributed by atoms with van der Waals surface area (Å²) in [5.41, 5.74) is 6.48. The molecule has 1 aliphatic rings. The number of anilines is 2. The van der Waals surface area contributed by atoms with Crippen molar-refractivity contribution >= 4 is 23.1 Å². The Bertz CT molecular complexity index is 409. The van der Waals surface area contributed by atoms with Gasteiger partial charge >= 0.3 is 0 Å². The number of rotatable bonds is 2. The highest BCUT2D eigenvalue weighted by atomic mass is 35.5. The van der Waals surface area contributed by atoms with Gasteiger partial charge in [0.1, 0.15) is 0 Å². The van der Waals surface area contributed by atoms with E-state index in [-0.39, 0.29) is 5.28 Å². The van der Waals surface area contributed by atoms with E-state index in [1.54, 1.807) is 6.20 Å². The molecule has 2 N–H and O–H groups in total. The zero-order valence-electron chi connectivity index (χ0n) is 10.4. The van der Waals surface area contributed by atoms with Crippen LogP contribution in [0, 0.1) is 5.92 Å².